The average Bonchev–Trinajstić information content (AvgIpc) is 2.26. The molecule has 3 N–H and O–H groups in total. The van der Waals surface area contributed by atoms with Gasteiger partial charge in [-0.25, -0.2) is 4.79 Å². The third-order valence-electron chi connectivity index (χ3n) is 3.49. The maximum atomic E-state index is 11.8. The van der Waals surface area contributed by atoms with Gasteiger partial charge in [0.1, 0.15) is 0 Å². The molecule has 0 aliphatic heterocycles. The maximum absolute atomic E-state index is 11.8. The first-order valence-electron chi connectivity index (χ1n) is 6.80. The van der Waals surface area contributed by atoms with Crippen LogP contribution in [0.4, 0.5) is 4.79 Å². The van der Waals surface area contributed by atoms with Crippen LogP contribution in [-0.2, 0) is 4.79 Å². The lowest BCUT2D eigenvalue weighted by atomic mass is 9.82. The minimum Gasteiger partial charge on any atom is -0.481 e. The van der Waals surface area contributed by atoms with Crippen LogP contribution in [0.1, 0.15) is 39.0 Å². The van der Waals surface area contributed by atoms with Gasteiger partial charge in [0.2, 0.25) is 0 Å². The van der Waals surface area contributed by atoms with Gasteiger partial charge in [0.05, 0.1) is 6.10 Å². The maximum Gasteiger partial charge on any atom is 0.317 e. The van der Waals surface area contributed by atoms with Crippen molar-refractivity contribution in [2.75, 3.05) is 13.6 Å². The van der Waals surface area contributed by atoms with E-state index in [4.69, 9.17) is 5.11 Å². The fourth-order valence-electron chi connectivity index (χ4n) is 2.27. The van der Waals surface area contributed by atoms with Crippen LogP contribution >= 0.6 is 0 Å². The predicted molar refractivity (Wildman–Crippen MR) is 70.8 cm³/mol. The van der Waals surface area contributed by atoms with Crippen molar-refractivity contribution < 1.29 is 19.8 Å². The monoisotopic (exact) mass is 272 g/mol. The van der Waals surface area contributed by atoms with E-state index in [1.165, 1.54) is 0 Å². The molecule has 0 aromatic rings. The van der Waals surface area contributed by atoms with Crippen molar-refractivity contribution in [3.05, 3.63) is 0 Å². The molecule has 1 fully saturated rings. The van der Waals surface area contributed by atoms with Gasteiger partial charge >= 0.3 is 12.0 Å². The summed E-state index contributed by atoms with van der Waals surface area (Å²) in [6, 6.07) is -0.162. The highest BCUT2D eigenvalue weighted by Crippen LogP contribution is 2.27. The normalized spacial score (nSPS) is 23.3. The molecule has 1 rings (SSSR count). The van der Waals surface area contributed by atoms with Gasteiger partial charge in [0.15, 0.2) is 0 Å². The molecule has 0 bridgehead atoms. The number of carboxylic acid groups (broad SMARTS) is 1. The molecule has 19 heavy (non-hydrogen) atoms. The molecule has 0 heterocycles. The smallest absolute Gasteiger partial charge is 0.317 e. The number of aliphatic carboxylic acids is 1. The Bertz CT molecular complexity index is 316. The zero-order chi connectivity index (χ0) is 14.4. The van der Waals surface area contributed by atoms with E-state index >= 15 is 0 Å². The number of nitrogens with one attached hydrogen (secondary N) is 1. The van der Waals surface area contributed by atoms with Crippen molar-refractivity contribution in [1.29, 1.82) is 0 Å². The van der Waals surface area contributed by atoms with Gasteiger partial charge in [-0.1, -0.05) is 0 Å². The first-order chi connectivity index (χ1) is 8.88. The van der Waals surface area contributed by atoms with Crippen molar-refractivity contribution in [2.24, 2.45) is 5.92 Å². The topological polar surface area (TPSA) is 89.9 Å². The predicted octanol–water partition coefficient (Wildman–Crippen LogP) is 1.04. The van der Waals surface area contributed by atoms with E-state index < -0.39 is 5.97 Å². The Kier molecular flexibility index (Phi) is 6.08. The number of urea groups is 1. The van der Waals surface area contributed by atoms with Crippen LogP contribution in [-0.4, -0.2) is 52.9 Å². The van der Waals surface area contributed by atoms with E-state index in [0.29, 0.717) is 25.3 Å². The summed E-state index contributed by atoms with van der Waals surface area (Å²) in [4.78, 5) is 23.9. The Morgan fingerprint density at radius 3 is 2.58 bits per heavy atom. The van der Waals surface area contributed by atoms with E-state index in [1.54, 1.807) is 11.9 Å². The zero-order valence-corrected chi connectivity index (χ0v) is 11.6. The van der Waals surface area contributed by atoms with Crippen LogP contribution in [0.3, 0.4) is 0 Å². The summed E-state index contributed by atoms with van der Waals surface area (Å²) >= 11 is 0. The third kappa shape index (κ3) is 5.92. The second-order valence-corrected chi connectivity index (χ2v) is 5.51. The highest BCUT2D eigenvalue weighted by molar-refractivity contribution is 5.74. The number of amides is 2. The van der Waals surface area contributed by atoms with Crippen LogP contribution in [0.25, 0.3) is 0 Å². The van der Waals surface area contributed by atoms with Gasteiger partial charge in [-0.3, -0.25) is 4.79 Å². The summed E-state index contributed by atoms with van der Waals surface area (Å²) in [7, 11) is 1.74. The first kappa shape index (κ1) is 15.8. The SMILES string of the molecule is CC(CCCC(=O)O)NC(=O)N(C)CC1CC(O)C1. The second kappa shape index (κ2) is 7.33. The van der Waals surface area contributed by atoms with Crippen molar-refractivity contribution in [3.63, 3.8) is 0 Å². The Morgan fingerprint density at radius 1 is 1.42 bits per heavy atom. The highest BCUT2D eigenvalue weighted by atomic mass is 16.4. The highest BCUT2D eigenvalue weighted by Gasteiger charge is 2.29. The molecule has 2 amide bonds. The molecule has 1 aliphatic rings. The fraction of sp³-hybridized carbons (Fsp3) is 0.846. The summed E-state index contributed by atoms with van der Waals surface area (Å²) in [6.07, 6.45) is 2.70. The van der Waals surface area contributed by atoms with Gasteiger partial charge in [-0.2, -0.15) is 0 Å². The summed E-state index contributed by atoms with van der Waals surface area (Å²) in [5.74, 6) is -0.410. The number of rotatable bonds is 7. The summed E-state index contributed by atoms with van der Waals surface area (Å²) < 4.78 is 0. The van der Waals surface area contributed by atoms with Crippen LogP contribution in [0.15, 0.2) is 0 Å². The van der Waals surface area contributed by atoms with Crippen molar-refractivity contribution in [2.45, 2.75) is 51.2 Å². The molecular weight excluding hydrogens is 248 g/mol. The molecule has 6 nitrogen and oxygen atoms in total. The number of aliphatic hydroxyl groups is 1. The molecule has 6 heteroatoms. The van der Waals surface area contributed by atoms with E-state index in [9.17, 15) is 14.7 Å². The summed E-state index contributed by atoms with van der Waals surface area (Å²) in [5, 5.41) is 20.6. The van der Waals surface area contributed by atoms with Crippen LogP contribution in [0, 0.1) is 5.92 Å². The van der Waals surface area contributed by atoms with Gasteiger partial charge in [0, 0.05) is 26.1 Å². The summed E-state index contributed by atoms with van der Waals surface area (Å²) in [5.41, 5.74) is 0. The molecule has 0 radical (unpaired) electrons. The lowest BCUT2D eigenvalue weighted by Gasteiger charge is -2.34. The molecule has 110 valence electrons. The van der Waals surface area contributed by atoms with Crippen LogP contribution in [0.5, 0.6) is 0 Å². The molecule has 1 atom stereocenters. The number of hydrogen-bond donors (Lipinski definition) is 3. The lowest BCUT2D eigenvalue weighted by molar-refractivity contribution is -0.137. The Labute approximate surface area is 113 Å². The van der Waals surface area contributed by atoms with Crippen molar-refractivity contribution in [1.82, 2.24) is 10.2 Å². The van der Waals surface area contributed by atoms with Crippen LogP contribution in [0.2, 0.25) is 0 Å². The molecular formula is C13H24N2O4. The number of carboxylic acids is 1. The van der Waals surface area contributed by atoms with E-state index in [1.807, 2.05) is 6.92 Å². The van der Waals surface area contributed by atoms with E-state index in [2.05, 4.69) is 5.32 Å². The molecule has 0 aromatic carbocycles. The van der Waals surface area contributed by atoms with E-state index in [0.717, 1.165) is 12.8 Å². The zero-order valence-electron chi connectivity index (χ0n) is 11.6. The standard InChI is InChI=1S/C13H24N2O4/c1-9(4-3-5-12(17)18)14-13(19)15(2)8-10-6-11(16)7-10/h9-11,16H,3-8H2,1-2H3,(H,14,19)(H,17,18). The van der Waals surface area contributed by atoms with Gasteiger partial charge in [-0.05, 0) is 38.5 Å². The minimum absolute atomic E-state index is 0.0266. The number of carbonyl (C=O) groups excluding carboxylic acids is 1. The minimum atomic E-state index is -0.806. The fourth-order valence-corrected chi connectivity index (χ4v) is 2.27. The summed E-state index contributed by atoms with van der Waals surface area (Å²) in [6.45, 7) is 2.53. The largest absolute Gasteiger partial charge is 0.481 e. The second-order valence-electron chi connectivity index (χ2n) is 5.51. The van der Waals surface area contributed by atoms with E-state index in [-0.39, 0.29) is 24.6 Å². The van der Waals surface area contributed by atoms with Crippen molar-refractivity contribution in [3.8, 4) is 0 Å². The molecule has 0 spiro atoms. The van der Waals surface area contributed by atoms with Gasteiger partial charge in [-0.15, -0.1) is 0 Å². The molecule has 1 saturated carbocycles. The van der Waals surface area contributed by atoms with Crippen molar-refractivity contribution >= 4 is 12.0 Å². The average molecular weight is 272 g/mol. The van der Waals surface area contributed by atoms with Crippen LogP contribution < -0.4 is 5.32 Å². The lowest BCUT2D eigenvalue weighted by Crippen LogP contribution is -2.46. The molecule has 1 unspecified atom stereocenters. The Morgan fingerprint density at radius 2 is 2.05 bits per heavy atom. The number of nitrogens with zero attached hydrogens (tertiary/aromatic N) is 1. The first-order valence-corrected chi connectivity index (χ1v) is 6.80. The quantitative estimate of drug-likeness (QED) is 0.646. The van der Waals surface area contributed by atoms with Gasteiger partial charge < -0.3 is 20.4 Å². The third-order valence-corrected chi connectivity index (χ3v) is 3.49. The molecule has 1 aliphatic carbocycles. The number of aliphatic hydroxyl groups excluding tert-OH is 1. The Hall–Kier alpha value is -1.30. The molecule has 0 saturated heterocycles. The Balaban J connectivity index is 2.15. The van der Waals surface area contributed by atoms with Gasteiger partial charge in [0.25, 0.3) is 0 Å². The number of carbonyl (C=O) groups is 2. The molecule has 0 aromatic heterocycles. The number of hydrogen-bond acceptors (Lipinski definition) is 3.